The van der Waals surface area contributed by atoms with Crippen molar-refractivity contribution < 1.29 is 14.7 Å². The van der Waals surface area contributed by atoms with E-state index in [0.717, 1.165) is 12.8 Å². The molecule has 1 atom stereocenters. The van der Waals surface area contributed by atoms with E-state index < -0.39 is 5.97 Å². The highest BCUT2D eigenvalue weighted by Crippen LogP contribution is 2.23. The van der Waals surface area contributed by atoms with E-state index >= 15 is 0 Å². The third kappa shape index (κ3) is 3.40. The zero-order valence-corrected chi connectivity index (χ0v) is 9.90. The number of hydrogen-bond donors (Lipinski definition) is 2. The van der Waals surface area contributed by atoms with Gasteiger partial charge in [0.25, 0.3) is 0 Å². The smallest absolute Gasteiger partial charge is 0.317 e. The molecule has 0 aromatic heterocycles. The Bertz CT molecular complexity index is 264. The molecule has 2 amide bonds. The molecule has 16 heavy (non-hydrogen) atoms. The van der Waals surface area contributed by atoms with Crippen LogP contribution >= 0.6 is 0 Å². The summed E-state index contributed by atoms with van der Waals surface area (Å²) in [6.07, 6.45) is 3.91. The molecule has 1 fully saturated rings. The van der Waals surface area contributed by atoms with Gasteiger partial charge in [-0.25, -0.2) is 4.79 Å². The third-order valence-corrected chi connectivity index (χ3v) is 3.18. The van der Waals surface area contributed by atoms with E-state index in [-0.39, 0.29) is 18.5 Å². The largest absolute Gasteiger partial charge is 0.481 e. The molecule has 0 saturated heterocycles. The van der Waals surface area contributed by atoms with Gasteiger partial charge in [-0.1, -0.05) is 6.92 Å². The van der Waals surface area contributed by atoms with Crippen LogP contribution in [0.2, 0.25) is 0 Å². The Hall–Kier alpha value is -1.26. The first-order valence-electron chi connectivity index (χ1n) is 5.79. The van der Waals surface area contributed by atoms with E-state index in [1.165, 1.54) is 6.42 Å². The Kier molecular flexibility index (Phi) is 4.58. The van der Waals surface area contributed by atoms with E-state index in [4.69, 9.17) is 5.11 Å². The molecule has 5 nitrogen and oxygen atoms in total. The molecular weight excluding hydrogens is 208 g/mol. The maximum Gasteiger partial charge on any atom is 0.317 e. The van der Waals surface area contributed by atoms with Crippen molar-refractivity contribution in [3.63, 3.8) is 0 Å². The molecule has 1 unspecified atom stereocenters. The predicted molar refractivity (Wildman–Crippen MR) is 60.3 cm³/mol. The highest BCUT2D eigenvalue weighted by atomic mass is 16.4. The second-order valence-electron chi connectivity index (χ2n) is 4.35. The highest BCUT2D eigenvalue weighted by molar-refractivity contribution is 5.76. The summed E-state index contributed by atoms with van der Waals surface area (Å²) in [6, 6.07) is -0.0901. The van der Waals surface area contributed by atoms with Gasteiger partial charge in [0.05, 0.1) is 6.42 Å². The van der Waals surface area contributed by atoms with Gasteiger partial charge in [-0.2, -0.15) is 0 Å². The zero-order chi connectivity index (χ0) is 12.1. The monoisotopic (exact) mass is 228 g/mol. The minimum atomic E-state index is -0.876. The summed E-state index contributed by atoms with van der Waals surface area (Å²) in [5.41, 5.74) is 0. The Morgan fingerprint density at radius 3 is 2.50 bits per heavy atom. The van der Waals surface area contributed by atoms with Crippen molar-refractivity contribution in [3.05, 3.63) is 0 Å². The summed E-state index contributed by atoms with van der Waals surface area (Å²) in [5.74, 6) is -0.876. The SMILES string of the molecule is CCC(CC(=O)O)NC(=O)N(C)C1CCC1. The summed E-state index contributed by atoms with van der Waals surface area (Å²) in [6.45, 7) is 1.87. The predicted octanol–water partition coefficient (Wildman–Crippen LogP) is 1.43. The molecule has 1 rings (SSSR count). The van der Waals surface area contributed by atoms with Crippen LogP contribution < -0.4 is 5.32 Å². The Morgan fingerprint density at radius 2 is 2.12 bits per heavy atom. The average Bonchev–Trinajstić information content (AvgIpc) is 2.13. The molecule has 2 N–H and O–H groups in total. The molecule has 0 radical (unpaired) electrons. The fraction of sp³-hybridized carbons (Fsp3) is 0.818. The Morgan fingerprint density at radius 1 is 1.50 bits per heavy atom. The van der Waals surface area contributed by atoms with Crippen LogP contribution in [0.1, 0.15) is 39.0 Å². The average molecular weight is 228 g/mol. The van der Waals surface area contributed by atoms with Gasteiger partial charge >= 0.3 is 12.0 Å². The fourth-order valence-corrected chi connectivity index (χ4v) is 1.72. The lowest BCUT2D eigenvalue weighted by Crippen LogP contribution is -2.49. The molecule has 1 aliphatic carbocycles. The van der Waals surface area contributed by atoms with Crippen LogP contribution in [0, 0.1) is 0 Å². The number of carboxylic acid groups (broad SMARTS) is 1. The van der Waals surface area contributed by atoms with Crippen molar-refractivity contribution in [1.82, 2.24) is 10.2 Å². The number of carbonyl (C=O) groups is 2. The topological polar surface area (TPSA) is 69.6 Å². The number of urea groups is 1. The lowest BCUT2D eigenvalue weighted by atomic mass is 9.92. The highest BCUT2D eigenvalue weighted by Gasteiger charge is 2.26. The number of amides is 2. The second kappa shape index (κ2) is 5.72. The quantitative estimate of drug-likeness (QED) is 0.748. The number of carbonyl (C=O) groups excluding carboxylic acids is 1. The summed E-state index contributed by atoms with van der Waals surface area (Å²) in [4.78, 5) is 24.0. The molecule has 0 spiro atoms. The van der Waals surface area contributed by atoms with Crippen LogP contribution in [0.3, 0.4) is 0 Å². The van der Waals surface area contributed by atoms with Crippen LogP contribution in [0.15, 0.2) is 0 Å². The molecule has 92 valence electrons. The van der Waals surface area contributed by atoms with Crippen molar-refractivity contribution in [2.75, 3.05) is 7.05 Å². The number of nitrogens with one attached hydrogen (secondary N) is 1. The normalized spacial score (nSPS) is 17.4. The molecule has 0 bridgehead atoms. The van der Waals surface area contributed by atoms with Gasteiger partial charge in [0.2, 0.25) is 0 Å². The van der Waals surface area contributed by atoms with Crippen LogP contribution in [0.25, 0.3) is 0 Å². The summed E-state index contributed by atoms with van der Waals surface area (Å²) < 4.78 is 0. The Labute approximate surface area is 95.8 Å². The van der Waals surface area contributed by atoms with Crippen molar-refractivity contribution in [2.45, 2.75) is 51.1 Å². The van der Waals surface area contributed by atoms with E-state index in [9.17, 15) is 9.59 Å². The lowest BCUT2D eigenvalue weighted by molar-refractivity contribution is -0.137. The number of hydrogen-bond acceptors (Lipinski definition) is 2. The Balaban J connectivity index is 2.37. The van der Waals surface area contributed by atoms with Crippen LogP contribution in [0.4, 0.5) is 4.79 Å². The minimum absolute atomic E-state index is 0.0131. The molecule has 1 saturated carbocycles. The first kappa shape index (κ1) is 12.8. The van der Waals surface area contributed by atoms with Crippen molar-refractivity contribution in [1.29, 1.82) is 0 Å². The molecule has 0 aromatic rings. The summed E-state index contributed by atoms with van der Waals surface area (Å²) in [7, 11) is 1.77. The first-order valence-corrected chi connectivity index (χ1v) is 5.79. The van der Waals surface area contributed by atoms with E-state index in [0.29, 0.717) is 12.5 Å². The van der Waals surface area contributed by atoms with Crippen molar-refractivity contribution in [3.8, 4) is 0 Å². The lowest BCUT2D eigenvalue weighted by Gasteiger charge is -2.35. The number of rotatable bonds is 5. The molecule has 5 heteroatoms. The van der Waals surface area contributed by atoms with Crippen LogP contribution in [-0.2, 0) is 4.79 Å². The zero-order valence-electron chi connectivity index (χ0n) is 9.90. The van der Waals surface area contributed by atoms with Gasteiger partial charge < -0.3 is 15.3 Å². The number of aliphatic carboxylic acids is 1. The second-order valence-corrected chi connectivity index (χ2v) is 4.35. The van der Waals surface area contributed by atoms with E-state index in [1.54, 1.807) is 11.9 Å². The maximum absolute atomic E-state index is 11.7. The first-order chi connectivity index (χ1) is 7.54. The van der Waals surface area contributed by atoms with Gasteiger partial charge in [-0.05, 0) is 25.7 Å². The van der Waals surface area contributed by atoms with Crippen molar-refractivity contribution in [2.24, 2.45) is 0 Å². The van der Waals surface area contributed by atoms with Gasteiger partial charge in [-0.3, -0.25) is 4.79 Å². The van der Waals surface area contributed by atoms with E-state index in [1.807, 2.05) is 6.92 Å². The molecular formula is C11H20N2O3. The maximum atomic E-state index is 11.7. The summed E-state index contributed by atoms with van der Waals surface area (Å²) in [5, 5.41) is 11.4. The van der Waals surface area contributed by atoms with Crippen LogP contribution in [0.5, 0.6) is 0 Å². The number of nitrogens with zero attached hydrogens (tertiary/aromatic N) is 1. The number of carboxylic acids is 1. The minimum Gasteiger partial charge on any atom is -0.481 e. The molecule has 1 aliphatic rings. The molecule has 0 aliphatic heterocycles. The summed E-state index contributed by atoms with van der Waals surface area (Å²) >= 11 is 0. The van der Waals surface area contributed by atoms with Crippen molar-refractivity contribution >= 4 is 12.0 Å². The van der Waals surface area contributed by atoms with Gasteiger partial charge in [0.1, 0.15) is 0 Å². The van der Waals surface area contributed by atoms with Gasteiger partial charge in [0.15, 0.2) is 0 Å². The standard InChI is InChI=1S/C11H20N2O3/c1-3-8(7-10(14)15)12-11(16)13(2)9-5-4-6-9/h8-9H,3-7H2,1-2H3,(H,12,16)(H,14,15). The fourth-order valence-electron chi connectivity index (χ4n) is 1.72. The van der Waals surface area contributed by atoms with Crippen LogP contribution in [-0.4, -0.2) is 41.1 Å². The molecule has 0 heterocycles. The van der Waals surface area contributed by atoms with E-state index in [2.05, 4.69) is 5.32 Å². The third-order valence-electron chi connectivity index (χ3n) is 3.18. The van der Waals surface area contributed by atoms with Gasteiger partial charge in [-0.15, -0.1) is 0 Å². The van der Waals surface area contributed by atoms with Gasteiger partial charge in [0, 0.05) is 19.1 Å². The molecule has 0 aromatic carbocycles.